The topological polar surface area (TPSA) is 60.6 Å². The van der Waals surface area contributed by atoms with Gasteiger partial charge in [-0.25, -0.2) is 9.67 Å². The third-order valence-electron chi connectivity index (χ3n) is 3.99. The number of aromatic nitrogens is 5. The first kappa shape index (κ1) is 15.8. The van der Waals surface area contributed by atoms with Gasteiger partial charge in [0.15, 0.2) is 5.82 Å². The average Bonchev–Trinajstić information content (AvgIpc) is 3.10. The maximum Gasteiger partial charge on any atom is 0.253 e. The third-order valence-corrected chi connectivity index (χ3v) is 4.49. The van der Waals surface area contributed by atoms with Gasteiger partial charge in [0.2, 0.25) is 0 Å². The first-order valence-corrected chi connectivity index (χ1v) is 8.70. The Kier molecular flexibility index (Phi) is 3.80. The molecule has 3 heterocycles. The number of halogens is 1. The highest BCUT2D eigenvalue weighted by molar-refractivity contribution is 9.10. The second-order valence-electron chi connectivity index (χ2n) is 6.01. The summed E-state index contributed by atoms with van der Waals surface area (Å²) in [4.78, 5) is 9.42. The molecule has 0 atom stereocenters. The lowest BCUT2D eigenvalue weighted by Gasteiger charge is -2.11. The van der Waals surface area contributed by atoms with Crippen molar-refractivity contribution < 1.29 is 0 Å². The zero-order valence-electron chi connectivity index (χ0n) is 14.2. The highest BCUT2D eigenvalue weighted by Gasteiger charge is 2.14. The Morgan fingerprint density at radius 1 is 1.08 bits per heavy atom. The monoisotopic (exact) mass is 396 g/mol. The molecule has 126 valence electrons. The smallest absolute Gasteiger partial charge is 0.253 e. The molecule has 4 aromatic rings. The zero-order chi connectivity index (χ0) is 17.6. The van der Waals surface area contributed by atoms with Gasteiger partial charge in [0.25, 0.3) is 5.95 Å². The molecule has 0 unspecified atom stereocenters. The Balaban J connectivity index is 1.89. The van der Waals surface area contributed by atoms with Gasteiger partial charge in [-0.3, -0.25) is 0 Å². The summed E-state index contributed by atoms with van der Waals surface area (Å²) >= 11 is 3.50. The lowest BCUT2D eigenvalue weighted by atomic mass is 10.3. The van der Waals surface area contributed by atoms with E-state index in [1.54, 1.807) is 4.68 Å². The Morgan fingerprint density at radius 3 is 2.64 bits per heavy atom. The number of aryl methyl sites for hydroxylation is 3. The van der Waals surface area contributed by atoms with Crippen LogP contribution in [0.15, 0.2) is 47.1 Å². The van der Waals surface area contributed by atoms with Gasteiger partial charge >= 0.3 is 0 Å². The number of benzene rings is 1. The van der Waals surface area contributed by atoms with Crippen molar-refractivity contribution in [1.82, 2.24) is 24.3 Å². The lowest BCUT2D eigenvalue weighted by Crippen LogP contribution is -2.08. The molecular formula is C18H17BrN6. The number of nitrogens with zero attached hydrogens (tertiary/aromatic N) is 5. The van der Waals surface area contributed by atoms with E-state index in [-0.39, 0.29) is 0 Å². The molecule has 7 heteroatoms. The SMILES string of the molecule is Cc1cc(C)n(-c2nc(Nc3cccc(Br)c3)c3c(ccn3C)n2)n1. The van der Waals surface area contributed by atoms with Crippen LogP contribution in [0, 0.1) is 13.8 Å². The third kappa shape index (κ3) is 2.91. The van der Waals surface area contributed by atoms with E-state index in [2.05, 4.69) is 31.3 Å². The number of hydrogen-bond donors (Lipinski definition) is 1. The van der Waals surface area contributed by atoms with Crippen LogP contribution < -0.4 is 5.32 Å². The van der Waals surface area contributed by atoms with Gasteiger partial charge in [-0.15, -0.1) is 0 Å². The number of hydrogen-bond acceptors (Lipinski definition) is 4. The van der Waals surface area contributed by atoms with Crippen LogP contribution in [-0.2, 0) is 7.05 Å². The minimum Gasteiger partial charge on any atom is -0.346 e. The van der Waals surface area contributed by atoms with Gasteiger partial charge in [0.1, 0.15) is 5.52 Å². The molecule has 0 fully saturated rings. The van der Waals surface area contributed by atoms with Crippen molar-refractivity contribution >= 4 is 38.5 Å². The summed E-state index contributed by atoms with van der Waals surface area (Å²) in [7, 11) is 1.99. The van der Waals surface area contributed by atoms with E-state index in [4.69, 9.17) is 4.98 Å². The zero-order valence-corrected chi connectivity index (χ0v) is 15.7. The molecule has 0 amide bonds. The van der Waals surface area contributed by atoms with Crippen LogP contribution >= 0.6 is 15.9 Å². The van der Waals surface area contributed by atoms with Crippen molar-refractivity contribution in [2.45, 2.75) is 13.8 Å². The van der Waals surface area contributed by atoms with Crippen molar-refractivity contribution in [2.24, 2.45) is 7.05 Å². The van der Waals surface area contributed by atoms with Crippen LogP contribution in [0.1, 0.15) is 11.4 Å². The predicted octanol–water partition coefficient (Wildman–Crippen LogP) is 4.28. The van der Waals surface area contributed by atoms with Gasteiger partial charge in [0.05, 0.1) is 11.2 Å². The number of rotatable bonds is 3. The first-order chi connectivity index (χ1) is 12.0. The van der Waals surface area contributed by atoms with E-state index in [9.17, 15) is 0 Å². The Morgan fingerprint density at radius 2 is 1.92 bits per heavy atom. The summed E-state index contributed by atoms with van der Waals surface area (Å²) in [6.45, 7) is 3.96. The molecule has 0 saturated heterocycles. The molecular weight excluding hydrogens is 380 g/mol. The summed E-state index contributed by atoms with van der Waals surface area (Å²) in [6.07, 6.45) is 1.98. The molecule has 6 nitrogen and oxygen atoms in total. The largest absolute Gasteiger partial charge is 0.346 e. The molecule has 0 aliphatic rings. The maximum atomic E-state index is 4.75. The fraction of sp³-hybridized carbons (Fsp3) is 0.167. The van der Waals surface area contributed by atoms with Gasteiger partial charge in [0, 0.05) is 29.1 Å². The number of nitrogens with one attached hydrogen (secondary N) is 1. The lowest BCUT2D eigenvalue weighted by molar-refractivity contribution is 0.780. The highest BCUT2D eigenvalue weighted by atomic mass is 79.9. The molecule has 3 aromatic heterocycles. The van der Waals surface area contributed by atoms with Crippen molar-refractivity contribution in [2.75, 3.05) is 5.32 Å². The van der Waals surface area contributed by atoms with E-state index >= 15 is 0 Å². The quantitative estimate of drug-likeness (QED) is 0.561. The highest BCUT2D eigenvalue weighted by Crippen LogP contribution is 2.27. The number of fused-ring (bicyclic) bond motifs is 1. The van der Waals surface area contributed by atoms with E-state index in [1.807, 2.05) is 68.1 Å². The van der Waals surface area contributed by atoms with Crippen molar-refractivity contribution in [1.29, 1.82) is 0 Å². The van der Waals surface area contributed by atoms with Crippen molar-refractivity contribution in [3.8, 4) is 5.95 Å². The first-order valence-electron chi connectivity index (χ1n) is 7.90. The van der Waals surface area contributed by atoms with Crippen LogP contribution in [0.2, 0.25) is 0 Å². The summed E-state index contributed by atoms with van der Waals surface area (Å²) in [5.41, 5.74) is 4.72. The normalized spacial score (nSPS) is 11.2. The van der Waals surface area contributed by atoms with Gasteiger partial charge < -0.3 is 9.88 Å². The molecule has 1 N–H and O–H groups in total. The molecule has 1 aromatic carbocycles. The predicted molar refractivity (Wildman–Crippen MR) is 103 cm³/mol. The second-order valence-corrected chi connectivity index (χ2v) is 6.92. The molecule has 0 bridgehead atoms. The van der Waals surface area contributed by atoms with E-state index < -0.39 is 0 Å². The molecule has 4 rings (SSSR count). The number of anilines is 2. The van der Waals surface area contributed by atoms with Gasteiger partial charge in [-0.1, -0.05) is 22.0 Å². The maximum absolute atomic E-state index is 4.75. The van der Waals surface area contributed by atoms with Crippen LogP contribution in [0.25, 0.3) is 17.0 Å². The van der Waals surface area contributed by atoms with Gasteiger partial charge in [-0.2, -0.15) is 10.1 Å². The minimum atomic E-state index is 0.557. The van der Waals surface area contributed by atoms with Crippen molar-refractivity contribution in [3.05, 3.63) is 58.5 Å². The Hall–Kier alpha value is -2.67. The average molecular weight is 397 g/mol. The molecule has 0 aliphatic carbocycles. The molecule has 0 saturated carbocycles. The van der Waals surface area contributed by atoms with E-state index in [1.165, 1.54) is 0 Å². The fourth-order valence-corrected chi connectivity index (χ4v) is 3.30. The summed E-state index contributed by atoms with van der Waals surface area (Å²) < 4.78 is 4.79. The Labute approximate surface area is 153 Å². The van der Waals surface area contributed by atoms with Gasteiger partial charge in [-0.05, 0) is 44.2 Å². The molecule has 0 spiro atoms. The van der Waals surface area contributed by atoms with Crippen LogP contribution in [0.3, 0.4) is 0 Å². The van der Waals surface area contributed by atoms with Crippen LogP contribution in [-0.4, -0.2) is 24.3 Å². The second kappa shape index (κ2) is 6.00. The van der Waals surface area contributed by atoms with E-state index in [0.717, 1.165) is 38.4 Å². The molecule has 25 heavy (non-hydrogen) atoms. The van der Waals surface area contributed by atoms with Crippen LogP contribution in [0.5, 0.6) is 0 Å². The summed E-state index contributed by atoms with van der Waals surface area (Å²) in [5.74, 6) is 1.31. The fourth-order valence-electron chi connectivity index (χ4n) is 2.90. The van der Waals surface area contributed by atoms with Crippen molar-refractivity contribution in [3.63, 3.8) is 0 Å². The summed E-state index contributed by atoms with van der Waals surface area (Å²) in [6, 6.07) is 12.0. The molecule has 0 radical (unpaired) electrons. The minimum absolute atomic E-state index is 0.557. The van der Waals surface area contributed by atoms with Crippen LogP contribution in [0.4, 0.5) is 11.5 Å². The Bertz CT molecular complexity index is 1080. The summed E-state index contributed by atoms with van der Waals surface area (Å²) in [5, 5.41) is 7.91. The van der Waals surface area contributed by atoms with E-state index in [0.29, 0.717) is 5.95 Å². The standard InChI is InChI=1S/C18H17BrN6/c1-11-9-12(2)25(23-11)18-21-15-7-8-24(3)16(15)17(22-18)20-14-6-4-5-13(19)10-14/h4-10H,1-3H3,(H,20,21,22). The molecule has 0 aliphatic heterocycles.